The largest absolute Gasteiger partial charge is 0.508 e. The molecule has 20 nitrogen and oxygen atoms in total. The van der Waals surface area contributed by atoms with E-state index in [1.807, 2.05) is 0 Å². The van der Waals surface area contributed by atoms with Crippen LogP contribution in [0.2, 0.25) is 0 Å². The molecule has 55 heavy (non-hydrogen) atoms. The van der Waals surface area contributed by atoms with Crippen LogP contribution in [0.4, 0.5) is 0 Å². The summed E-state index contributed by atoms with van der Waals surface area (Å²) in [5.74, 6) is -8.96. The maximum atomic E-state index is 13.9. The Morgan fingerprint density at radius 2 is 1.29 bits per heavy atom. The first-order chi connectivity index (χ1) is 25.8. The number of unbranched alkanes of at least 4 members (excludes halogenated alkanes) is 1. The van der Waals surface area contributed by atoms with Crippen molar-refractivity contribution in [3.63, 3.8) is 0 Å². The van der Waals surface area contributed by atoms with E-state index < -0.39 is 96.4 Å². The standard InChI is InChI=1S/C35H55N9O11/c1-19(2)29(33(53)44(21(4)46)27(34(54)55)18-22-10-12-23(47)13-11-22)43-32(52)26(14-15-28(48)49)42-31(51)25(8-5-6-16-36)41-30(50)24(40-20(3)45)9-7-17-39-35(37)38/h10-13,19,24-27,29,47H,5-9,14-18,36H2,1-4H3,(H,40,45)(H,41,50)(H,42,51)(H,43,52)(H,48,49)(H,54,55)(H4,37,38,39)/t24-,25-,26-,27-,29-/m0/s1. The van der Waals surface area contributed by atoms with E-state index in [4.69, 9.17) is 17.2 Å². The van der Waals surface area contributed by atoms with Crippen molar-refractivity contribution in [3.8, 4) is 5.75 Å². The molecule has 0 fully saturated rings. The Hall–Kier alpha value is -5.79. The summed E-state index contributed by atoms with van der Waals surface area (Å²) in [4.78, 5) is 108. The Labute approximate surface area is 319 Å². The lowest BCUT2D eigenvalue weighted by Crippen LogP contribution is -2.61. The molecular weight excluding hydrogens is 722 g/mol. The number of benzene rings is 1. The molecule has 20 heteroatoms. The number of nitrogens with zero attached hydrogens (tertiary/aromatic N) is 2. The summed E-state index contributed by atoms with van der Waals surface area (Å²) < 4.78 is 0. The Morgan fingerprint density at radius 1 is 0.764 bits per heavy atom. The summed E-state index contributed by atoms with van der Waals surface area (Å²) in [5, 5.41) is 39.1. The minimum Gasteiger partial charge on any atom is -0.508 e. The number of amides is 6. The maximum Gasteiger partial charge on any atom is 0.327 e. The van der Waals surface area contributed by atoms with E-state index in [0.29, 0.717) is 29.7 Å². The van der Waals surface area contributed by atoms with Crippen LogP contribution in [0.5, 0.6) is 5.75 Å². The van der Waals surface area contributed by atoms with Crippen LogP contribution in [0.15, 0.2) is 29.3 Å². The highest BCUT2D eigenvalue weighted by atomic mass is 16.4. The third-order valence-corrected chi connectivity index (χ3v) is 8.27. The number of imide groups is 1. The molecule has 0 aliphatic rings. The Morgan fingerprint density at radius 3 is 1.76 bits per heavy atom. The summed E-state index contributed by atoms with van der Waals surface area (Å²) >= 11 is 0. The number of nitrogens with one attached hydrogen (secondary N) is 4. The molecule has 0 saturated carbocycles. The molecule has 1 aromatic rings. The molecule has 0 spiro atoms. The van der Waals surface area contributed by atoms with Crippen LogP contribution in [0, 0.1) is 5.92 Å². The van der Waals surface area contributed by atoms with Gasteiger partial charge in [0.2, 0.25) is 29.5 Å². The Bertz CT molecular complexity index is 1530. The van der Waals surface area contributed by atoms with E-state index in [0.717, 1.165) is 6.92 Å². The van der Waals surface area contributed by atoms with E-state index in [1.165, 1.54) is 45.0 Å². The first-order valence-electron chi connectivity index (χ1n) is 17.8. The molecule has 0 aliphatic heterocycles. The number of carboxylic acid groups (broad SMARTS) is 2. The number of carbonyl (C=O) groups is 8. The topological polar surface area (TPSA) is 339 Å². The average molecular weight is 778 g/mol. The smallest absolute Gasteiger partial charge is 0.327 e. The molecule has 0 aromatic heterocycles. The van der Waals surface area contributed by atoms with Crippen LogP contribution in [-0.4, -0.2) is 117 Å². The number of hydrogen-bond donors (Lipinski definition) is 10. The van der Waals surface area contributed by atoms with Gasteiger partial charge in [-0.2, -0.15) is 0 Å². The molecule has 0 aliphatic carbocycles. The van der Waals surface area contributed by atoms with Gasteiger partial charge in [-0.1, -0.05) is 26.0 Å². The number of aliphatic carboxylic acids is 2. The normalized spacial score (nSPS) is 13.6. The van der Waals surface area contributed by atoms with Crippen LogP contribution < -0.4 is 38.5 Å². The lowest BCUT2D eigenvalue weighted by Gasteiger charge is -2.32. The molecule has 0 saturated heterocycles. The molecule has 0 bridgehead atoms. The molecule has 0 heterocycles. The van der Waals surface area contributed by atoms with Crippen molar-refractivity contribution in [2.45, 2.75) is 109 Å². The fourth-order valence-corrected chi connectivity index (χ4v) is 5.45. The molecule has 13 N–H and O–H groups in total. The van der Waals surface area contributed by atoms with Gasteiger partial charge < -0.3 is 53.8 Å². The van der Waals surface area contributed by atoms with Crippen molar-refractivity contribution in [2.24, 2.45) is 28.1 Å². The number of phenols is 1. The number of carboxylic acids is 2. The number of rotatable bonds is 24. The predicted molar refractivity (Wildman–Crippen MR) is 199 cm³/mol. The SMILES string of the molecule is CC(=O)N[C@@H](CCCN=C(N)N)C(=O)N[C@@H](CCCCN)C(=O)N[C@@H](CCC(=O)O)C(=O)N[C@H](C(=O)N(C(C)=O)[C@@H](Cc1ccc(O)cc1)C(=O)O)C(C)C. The van der Waals surface area contributed by atoms with Gasteiger partial charge in [0.05, 0.1) is 0 Å². The number of nitrogens with two attached hydrogens (primary N) is 3. The van der Waals surface area contributed by atoms with E-state index in [1.54, 1.807) is 0 Å². The second-order valence-electron chi connectivity index (χ2n) is 13.2. The first kappa shape index (κ1) is 47.2. The third kappa shape index (κ3) is 17.3. The minimum absolute atomic E-state index is 0.0428. The molecule has 6 amide bonds. The number of carbonyl (C=O) groups excluding carboxylic acids is 6. The van der Waals surface area contributed by atoms with Gasteiger partial charge in [-0.15, -0.1) is 0 Å². The van der Waals surface area contributed by atoms with Crippen LogP contribution in [0.25, 0.3) is 0 Å². The van der Waals surface area contributed by atoms with Crippen molar-refractivity contribution < 1.29 is 53.7 Å². The van der Waals surface area contributed by atoms with E-state index in [2.05, 4.69) is 26.3 Å². The lowest BCUT2D eigenvalue weighted by atomic mass is 9.98. The number of aliphatic imine (C=N–C) groups is 1. The van der Waals surface area contributed by atoms with E-state index >= 15 is 0 Å². The zero-order valence-electron chi connectivity index (χ0n) is 31.6. The van der Waals surface area contributed by atoms with Gasteiger partial charge in [0.15, 0.2) is 5.96 Å². The molecular formula is C35H55N9O11. The third-order valence-electron chi connectivity index (χ3n) is 8.27. The van der Waals surface area contributed by atoms with Gasteiger partial charge in [0.1, 0.15) is 36.0 Å². The summed E-state index contributed by atoms with van der Waals surface area (Å²) in [5.41, 5.74) is 16.7. The molecule has 0 radical (unpaired) electrons. The van der Waals surface area contributed by atoms with Crippen molar-refractivity contribution in [2.75, 3.05) is 13.1 Å². The highest BCUT2D eigenvalue weighted by Crippen LogP contribution is 2.18. The summed E-state index contributed by atoms with van der Waals surface area (Å²) in [6.07, 6.45) is -0.128. The van der Waals surface area contributed by atoms with Crippen molar-refractivity contribution in [1.82, 2.24) is 26.2 Å². The summed E-state index contributed by atoms with van der Waals surface area (Å²) in [6, 6.07) is -1.70. The highest BCUT2D eigenvalue weighted by molar-refractivity contribution is 6.02. The van der Waals surface area contributed by atoms with Crippen LogP contribution >= 0.6 is 0 Å². The Balaban J connectivity index is 3.40. The fourth-order valence-electron chi connectivity index (χ4n) is 5.45. The van der Waals surface area contributed by atoms with Crippen LogP contribution in [0.1, 0.15) is 78.2 Å². The molecule has 1 rings (SSSR count). The van der Waals surface area contributed by atoms with Gasteiger partial charge in [0, 0.05) is 33.2 Å². The number of phenolic OH excluding ortho intramolecular Hbond substituents is 1. The average Bonchev–Trinajstić information content (AvgIpc) is 3.09. The van der Waals surface area contributed by atoms with Crippen molar-refractivity contribution >= 4 is 53.3 Å². The number of guanidine groups is 1. The quantitative estimate of drug-likeness (QED) is 0.0322. The highest BCUT2D eigenvalue weighted by Gasteiger charge is 2.39. The minimum atomic E-state index is -1.71. The van der Waals surface area contributed by atoms with Gasteiger partial charge in [-0.05, 0) is 68.7 Å². The number of hydrogen-bond acceptors (Lipinski definition) is 11. The van der Waals surface area contributed by atoms with Gasteiger partial charge in [-0.3, -0.25) is 43.5 Å². The molecule has 306 valence electrons. The number of aromatic hydroxyl groups is 1. The van der Waals surface area contributed by atoms with Gasteiger partial charge in [-0.25, -0.2) is 4.79 Å². The summed E-state index contributed by atoms with van der Waals surface area (Å²) in [6.45, 7) is 5.66. The van der Waals surface area contributed by atoms with Crippen LogP contribution in [-0.2, 0) is 44.8 Å². The monoisotopic (exact) mass is 777 g/mol. The summed E-state index contributed by atoms with van der Waals surface area (Å²) in [7, 11) is 0. The van der Waals surface area contributed by atoms with Crippen molar-refractivity contribution in [3.05, 3.63) is 29.8 Å². The van der Waals surface area contributed by atoms with Gasteiger partial charge >= 0.3 is 11.9 Å². The second-order valence-corrected chi connectivity index (χ2v) is 13.2. The zero-order valence-corrected chi connectivity index (χ0v) is 31.6. The van der Waals surface area contributed by atoms with Gasteiger partial charge in [0.25, 0.3) is 5.91 Å². The van der Waals surface area contributed by atoms with Crippen molar-refractivity contribution in [1.29, 1.82) is 0 Å². The Kier molecular flexibility index (Phi) is 20.4. The fraction of sp³-hybridized carbons (Fsp3) is 0.571. The second kappa shape index (κ2) is 23.8. The molecule has 5 atom stereocenters. The van der Waals surface area contributed by atoms with Crippen LogP contribution in [0.3, 0.4) is 0 Å². The zero-order chi connectivity index (χ0) is 41.8. The van der Waals surface area contributed by atoms with E-state index in [9.17, 15) is 53.7 Å². The predicted octanol–water partition coefficient (Wildman–Crippen LogP) is -1.57. The lowest BCUT2D eigenvalue weighted by molar-refractivity contribution is -0.159. The molecule has 0 unspecified atom stereocenters. The molecule has 1 aromatic carbocycles. The first-order valence-corrected chi connectivity index (χ1v) is 17.8. The maximum absolute atomic E-state index is 13.9. The van der Waals surface area contributed by atoms with E-state index in [-0.39, 0.29) is 44.1 Å².